The summed E-state index contributed by atoms with van der Waals surface area (Å²) < 4.78 is 0.948. The zero-order valence-corrected chi connectivity index (χ0v) is 13.0. The molecule has 1 atom stereocenters. The molecule has 0 aromatic heterocycles. The van der Waals surface area contributed by atoms with E-state index in [0.29, 0.717) is 12.3 Å². The fourth-order valence-electron chi connectivity index (χ4n) is 2.39. The van der Waals surface area contributed by atoms with E-state index in [1.807, 2.05) is 17.0 Å². The molecule has 1 heterocycles. The van der Waals surface area contributed by atoms with E-state index < -0.39 is 12.0 Å². The van der Waals surface area contributed by atoms with Crippen molar-refractivity contribution < 1.29 is 15.0 Å². The molecular weight excluding hydrogens is 324 g/mol. The Hall–Kier alpha value is -1.11. The van der Waals surface area contributed by atoms with Crippen molar-refractivity contribution in [2.45, 2.75) is 19.5 Å². The average molecular weight is 343 g/mol. The first-order valence-electron chi connectivity index (χ1n) is 6.64. The molecule has 0 amide bonds. The number of phenols is 1. The third kappa shape index (κ3) is 3.71. The van der Waals surface area contributed by atoms with Crippen LogP contribution in [-0.4, -0.2) is 58.2 Å². The van der Waals surface area contributed by atoms with Gasteiger partial charge < -0.3 is 10.2 Å². The molecular formula is C14H19BrN2O3. The zero-order chi connectivity index (χ0) is 14.7. The van der Waals surface area contributed by atoms with Crippen molar-refractivity contribution in [2.24, 2.45) is 0 Å². The standard InChI is InChI=1S/C14H19BrN2O3/c1-10(14(19)20)17-6-4-16(5-7-17)9-11-8-12(15)2-3-13(11)18/h2-3,8,10,18H,4-7,9H2,1H3,(H,19,20). The van der Waals surface area contributed by atoms with E-state index in [1.54, 1.807) is 13.0 Å². The Balaban J connectivity index is 1.91. The van der Waals surface area contributed by atoms with Crippen LogP contribution in [0.25, 0.3) is 0 Å². The Labute approximate surface area is 126 Å². The molecule has 110 valence electrons. The molecule has 2 rings (SSSR count). The number of phenolic OH excluding ortho intramolecular Hbond substituents is 1. The first-order chi connectivity index (χ1) is 9.47. The van der Waals surface area contributed by atoms with Crippen molar-refractivity contribution >= 4 is 21.9 Å². The van der Waals surface area contributed by atoms with Crippen molar-refractivity contribution in [1.82, 2.24) is 9.80 Å². The number of aromatic hydroxyl groups is 1. The van der Waals surface area contributed by atoms with Crippen LogP contribution in [0.2, 0.25) is 0 Å². The monoisotopic (exact) mass is 342 g/mol. The second-order valence-corrected chi connectivity index (χ2v) is 6.02. The summed E-state index contributed by atoms with van der Waals surface area (Å²) in [6, 6.07) is 4.98. The quantitative estimate of drug-likeness (QED) is 0.872. The molecule has 1 unspecified atom stereocenters. The number of nitrogens with zero attached hydrogens (tertiary/aromatic N) is 2. The SMILES string of the molecule is CC(C(=O)O)N1CCN(Cc2cc(Br)ccc2O)CC1. The minimum Gasteiger partial charge on any atom is -0.508 e. The van der Waals surface area contributed by atoms with Gasteiger partial charge in [0.05, 0.1) is 0 Å². The number of carboxylic acids is 1. The van der Waals surface area contributed by atoms with E-state index in [1.165, 1.54) is 0 Å². The molecule has 1 aliphatic rings. The van der Waals surface area contributed by atoms with Gasteiger partial charge in [-0.1, -0.05) is 15.9 Å². The number of halogens is 1. The lowest BCUT2D eigenvalue weighted by atomic mass is 10.1. The minimum atomic E-state index is -0.775. The van der Waals surface area contributed by atoms with Crippen LogP contribution in [-0.2, 0) is 11.3 Å². The first kappa shape index (κ1) is 15.3. The number of hydrogen-bond donors (Lipinski definition) is 2. The highest BCUT2D eigenvalue weighted by molar-refractivity contribution is 9.10. The van der Waals surface area contributed by atoms with Crippen LogP contribution in [0.5, 0.6) is 5.75 Å². The molecule has 5 nitrogen and oxygen atoms in total. The highest BCUT2D eigenvalue weighted by atomic mass is 79.9. The maximum absolute atomic E-state index is 11.0. The maximum atomic E-state index is 11.0. The number of carboxylic acid groups (broad SMARTS) is 1. The van der Waals surface area contributed by atoms with Crippen LogP contribution in [0.4, 0.5) is 0 Å². The molecule has 1 aliphatic heterocycles. The molecule has 2 N–H and O–H groups in total. The van der Waals surface area contributed by atoms with E-state index in [2.05, 4.69) is 20.8 Å². The summed E-state index contributed by atoms with van der Waals surface area (Å²) in [5.74, 6) is -0.474. The van der Waals surface area contributed by atoms with E-state index in [0.717, 1.165) is 36.2 Å². The molecule has 0 saturated carbocycles. The second-order valence-electron chi connectivity index (χ2n) is 5.10. The molecule has 0 spiro atoms. The van der Waals surface area contributed by atoms with Crippen molar-refractivity contribution in [2.75, 3.05) is 26.2 Å². The largest absolute Gasteiger partial charge is 0.508 e. The molecule has 20 heavy (non-hydrogen) atoms. The molecule has 6 heteroatoms. The highest BCUT2D eigenvalue weighted by Crippen LogP contribution is 2.23. The van der Waals surface area contributed by atoms with Gasteiger partial charge in [0.25, 0.3) is 0 Å². The Kier molecular flexibility index (Phi) is 5.01. The van der Waals surface area contributed by atoms with E-state index in [4.69, 9.17) is 5.11 Å². The van der Waals surface area contributed by atoms with Gasteiger partial charge in [-0.25, -0.2) is 0 Å². The van der Waals surface area contributed by atoms with Gasteiger partial charge in [0, 0.05) is 42.8 Å². The van der Waals surface area contributed by atoms with Gasteiger partial charge in [-0.05, 0) is 25.1 Å². The number of hydrogen-bond acceptors (Lipinski definition) is 4. The van der Waals surface area contributed by atoms with Crippen LogP contribution in [0.1, 0.15) is 12.5 Å². The topological polar surface area (TPSA) is 64.0 Å². The molecule has 1 saturated heterocycles. The lowest BCUT2D eigenvalue weighted by Gasteiger charge is -2.36. The lowest BCUT2D eigenvalue weighted by Crippen LogP contribution is -2.51. The smallest absolute Gasteiger partial charge is 0.320 e. The van der Waals surface area contributed by atoms with Crippen LogP contribution in [0.15, 0.2) is 22.7 Å². The Morgan fingerprint density at radius 1 is 1.35 bits per heavy atom. The average Bonchev–Trinajstić information content (AvgIpc) is 2.43. The molecule has 0 bridgehead atoms. The van der Waals surface area contributed by atoms with Crippen LogP contribution in [0.3, 0.4) is 0 Å². The van der Waals surface area contributed by atoms with Crippen molar-refractivity contribution in [1.29, 1.82) is 0 Å². The molecule has 0 aliphatic carbocycles. The fourth-order valence-corrected chi connectivity index (χ4v) is 2.80. The Bertz CT molecular complexity index is 487. The third-order valence-corrected chi connectivity index (χ3v) is 4.24. The maximum Gasteiger partial charge on any atom is 0.320 e. The minimum absolute atomic E-state index is 0.300. The number of aliphatic carboxylic acids is 1. The summed E-state index contributed by atoms with van der Waals surface area (Å²) in [6.07, 6.45) is 0. The first-order valence-corrected chi connectivity index (χ1v) is 7.43. The predicted octanol–water partition coefficient (Wildman–Crippen LogP) is 1.75. The summed E-state index contributed by atoms with van der Waals surface area (Å²) >= 11 is 3.40. The number of carbonyl (C=O) groups is 1. The summed E-state index contributed by atoms with van der Waals surface area (Å²) in [5, 5.41) is 18.9. The number of rotatable bonds is 4. The van der Waals surface area contributed by atoms with Gasteiger partial charge >= 0.3 is 5.97 Å². The normalized spacial score (nSPS) is 18.9. The molecule has 1 fully saturated rings. The molecule has 0 radical (unpaired) electrons. The highest BCUT2D eigenvalue weighted by Gasteiger charge is 2.25. The Morgan fingerprint density at radius 3 is 2.60 bits per heavy atom. The number of piperazine rings is 1. The van der Waals surface area contributed by atoms with Crippen molar-refractivity contribution in [3.05, 3.63) is 28.2 Å². The predicted molar refractivity (Wildman–Crippen MR) is 79.8 cm³/mol. The zero-order valence-electron chi connectivity index (χ0n) is 11.4. The Morgan fingerprint density at radius 2 is 2.00 bits per heavy atom. The van der Waals surface area contributed by atoms with Gasteiger partial charge in [0.15, 0.2) is 0 Å². The number of benzene rings is 1. The summed E-state index contributed by atoms with van der Waals surface area (Å²) in [7, 11) is 0. The summed E-state index contributed by atoms with van der Waals surface area (Å²) in [5.41, 5.74) is 0.888. The van der Waals surface area contributed by atoms with Gasteiger partial charge in [-0.3, -0.25) is 14.6 Å². The lowest BCUT2D eigenvalue weighted by molar-refractivity contribution is -0.143. The molecule has 1 aromatic rings. The summed E-state index contributed by atoms with van der Waals surface area (Å²) in [6.45, 7) is 5.50. The van der Waals surface area contributed by atoms with Crippen molar-refractivity contribution in [3.8, 4) is 5.75 Å². The van der Waals surface area contributed by atoms with Gasteiger partial charge in [-0.2, -0.15) is 0 Å². The van der Waals surface area contributed by atoms with E-state index in [-0.39, 0.29) is 0 Å². The molecule has 1 aromatic carbocycles. The van der Waals surface area contributed by atoms with Crippen molar-refractivity contribution in [3.63, 3.8) is 0 Å². The fraction of sp³-hybridized carbons (Fsp3) is 0.500. The second kappa shape index (κ2) is 6.56. The van der Waals surface area contributed by atoms with Crippen LogP contribution < -0.4 is 0 Å². The van der Waals surface area contributed by atoms with Gasteiger partial charge in [-0.15, -0.1) is 0 Å². The van der Waals surface area contributed by atoms with E-state index >= 15 is 0 Å². The van der Waals surface area contributed by atoms with Gasteiger partial charge in [0.1, 0.15) is 11.8 Å². The van der Waals surface area contributed by atoms with Crippen LogP contribution in [0, 0.1) is 0 Å². The summed E-state index contributed by atoms with van der Waals surface area (Å²) in [4.78, 5) is 15.2. The van der Waals surface area contributed by atoms with E-state index in [9.17, 15) is 9.90 Å². The third-order valence-electron chi connectivity index (χ3n) is 3.75. The van der Waals surface area contributed by atoms with Gasteiger partial charge in [0.2, 0.25) is 0 Å². The van der Waals surface area contributed by atoms with Crippen LogP contribution >= 0.6 is 15.9 Å².